The Kier molecular flexibility index (Phi) is 6.80. The summed E-state index contributed by atoms with van der Waals surface area (Å²) >= 11 is 1.16. The third-order valence-corrected chi connectivity index (χ3v) is 8.06. The molecule has 1 aromatic carbocycles. The lowest BCUT2D eigenvalue weighted by molar-refractivity contribution is 0.129. The van der Waals surface area contributed by atoms with E-state index in [1.54, 1.807) is 40.4 Å². The fraction of sp³-hybridized carbons (Fsp3) is 0.421. The number of benzene rings is 1. The van der Waals surface area contributed by atoms with Crippen molar-refractivity contribution in [3.05, 3.63) is 36.4 Å². The fourth-order valence-electron chi connectivity index (χ4n) is 3.63. The van der Waals surface area contributed by atoms with Crippen LogP contribution in [0, 0.1) is 17.3 Å². The van der Waals surface area contributed by atoms with Crippen LogP contribution in [0.25, 0.3) is 0 Å². The molecule has 0 N–H and O–H groups in total. The number of aromatic nitrogens is 3. The van der Waals surface area contributed by atoms with Crippen molar-refractivity contribution in [2.75, 3.05) is 47.2 Å². The largest absolute Gasteiger partial charge is 0.442 e. The summed E-state index contributed by atoms with van der Waals surface area (Å²) in [5.74, 6) is -0.00956. The molecule has 2 aliphatic rings. The third kappa shape index (κ3) is 5.25. The van der Waals surface area contributed by atoms with Crippen LogP contribution in [0.5, 0.6) is 0 Å². The van der Waals surface area contributed by atoms with Crippen molar-refractivity contribution in [3.63, 3.8) is 0 Å². The number of halogens is 1. The topological polar surface area (TPSA) is 129 Å². The SMILES string of the molecule is CSC(=NC#N)N=S1(=O)CCN(c2ccc(N3C[C@H](Cn4ccnn4)OC3=O)cc2F)CC1. The van der Waals surface area contributed by atoms with Crippen LogP contribution in [0.15, 0.2) is 39.9 Å². The standard InChI is InChI=1S/C19H21FN8O3S2/c1-32-18(22-13-21)24-33(30)8-6-26(7-9-33)17-3-2-14(10-16(17)20)28-12-15(31-19(28)29)11-27-5-4-23-25-27/h2-5,10,15H,6-9,11-12H2,1H3/t15-/m0/s1. The van der Waals surface area contributed by atoms with Gasteiger partial charge in [-0.15, -0.1) is 10.1 Å². The molecule has 2 aromatic rings. The summed E-state index contributed by atoms with van der Waals surface area (Å²) in [6.07, 6.45) is 5.61. The van der Waals surface area contributed by atoms with Crippen LogP contribution in [0.3, 0.4) is 0 Å². The van der Waals surface area contributed by atoms with E-state index in [1.165, 1.54) is 17.2 Å². The number of amides is 1. The van der Waals surface area contributed by atoms with Gasteiger partial charge in [-0.3, -0.25) is 4.90 Å². The summed E-state index contributed by atoms with van der Waals surface area (Å²) in [4.78, 5) is 19.0. The van der Waals surface area contributed by atoms with Gasteiger partial charge < -0.3 is 9.64 Å². The average Bonchev–Trinajstić information content (AvgIpc) is 3.44. The minimum absolute atomic E-state index is 0.186. The number of cyclic esters (lactones) is 1. The second kappa shape index (κ2) is 9.75. The molecule has 0 unspecified atom stereocenters. The van der Waals surface area contributed by atoms with Crippen molar-refractivity contribution in [1.29, 1.82) is 5.26 Å². The molecule has 4 rings (SSSR count). The molecule has 2 aliphatic heterocycles. The molecule has 11 nitrogen and oxygen atoms in total. The van der Waals surface area contributed by atoms with E-state index >= 15 is 0 Å². The highest BCUT2D eigenvalue weighted by atomic mass is 32.2. The molecule has 0 saturated carbocycles. The van der Waals surface area contributed by atoms with Crippen molar-refractivity contribution >= 4 is 44.1 Å². The van der Waals surface area contributed by atoms with E-state index in [1.807, 2.05) is 0 Å². The van der Waals surface area contributed by atoms with Gasteiger partial charge in [0.2, 0.25) is 11.4 Å². The Morgan fingerprint density at radius 1 is 1.42 bits per heavy atom. The minimum Gasteiger partial charge on any atom is -0.442 e. The zero-order valence-corrected chi connectivity index (χ0v) is 19.3. The van der Waals surface area contributed by atoms with E-state index in [9.17, 15) is 13.4 Å². The lowest BCUT2D eigenvalue weighted by Crippen LogP contribution is -2.41. The van der Waals surface area contributed by atoms with Gasteiger partial charge in [-0.05, 0) is 24.5 Å². The van der Waals surface area contributed by atoms with Gasteiger partial charge in [0.1, 0.15) is 11.9 Å². The number of ether oxygens (including phenoxy) is 1. The summed E-state index contributed by atoms with van der Waals surface area (Å²) in [6, 6.07) is 4.58. The number of aliphatic imine (C=N–C) groups is 1. The van der Waals surface area contributed by atoms with Gasteiger partial charge in [0.05, 0.1) is 40.4 Å². The van der Waals surface area contributed by atoms with Crippen molar-refractivity contribution in [3.8, 4) is 6.19 Å². The number of nitriles is 1. The van der Waals surface area contributed by atoms with Crippen LogP contribution in [0.4, 0.5) is 20.6 Å². The first kappa shape index (κ1) is 23.0. The van der Waals surface area contributed by atoms with Crippen molar-refractivity contribution in [2.45, 2.75) is 12.6 Å². The molecule has 33 heavy (non-hydrogen) atoms. The Morgan fingerprint density at radius 2 is 2.21 bits per heavy atom. The molecule has 1 aromatic heterocycles. The zero-order valence-electron chi connectivity index (χ0n) is 17.7. The monoisotopic (exact) mass is 492 g/mol. The fourth-order valence-corrected chi connectivity index (χ4v) is 6.19. The number of hydrogen-bond donors (Lipinski definition) is 0. The quantitative estimate of drug-likeness (QED) is 0.360. The van der Waals surface area contributed by atoms with E-state index in [4.69, 9.17) is 10.00 Å². The number of carbonyl (C=O) groups is 1. The van der Waals surface area contributed by atoms with Crippen LogP contribution in [0.1, 0.15) is 0 Å². The minimum atomic E-state index is -2.56. The van der Waals surface area contributed by atoms with Crippen molar-refractivity contribution in [2.24, 2.45) is 9.36 Å². The summed E-state index contributed by atoms with van der Waals surface area (Å²) in [7, 11) is -2.56. The molecule has 174 valence electrons. The highest BCUT2D eigenvalue weighted by Gasteiger charge is 2.33. The van der Waals surface area contributed by atoms with Gasteiger partial charge in [0.25, 0.3) is 0 Å². The first-order chi connectivity index (χ1) is 15.9. The lowest BCUT2D eigenvalue weighted by Gasteiger charge is -2.31. The maximum atomic E-state index is 15.0. The van der Waals surface area contributed by atoms with E-state index in [2.05, 4.69) is 19.7 Å². The second-order valence-electron chi connectivity index (χ2n) is 7.33. The Hall–Kier alpha value is -3.18. The summed E-state index contributed by atoms with van der Waals surface area (Å²) in [5.41, 5.74) is 0.762. The van der Waals surface area contributed by atoms with Crippen molar-refractivity contribution in [1.82, 2.24) is 15.0 Å². The summed E-state index contributed by atoms with van der Waals surface area (Å²) in [6.45, 7) is 1.32. The summed E-state index contributed by atoms with van der Waals surface area (Å²) < 4.78 is 39.0. The van der Waals surface area contributed by atoms with Crippen LogP contribution >= 0.6 is 11.8 Å². The highest BCUT2D eigenvalue weighted by molar-refractivity contribution is 8.14. The number of anilines is 2. The molecule has 0 aliphatic carbocycles. The van der Waals surface area contributed by atoms with Crippen LogP contribution < -0.4 is 9.80 Å². The lowest BCUT2D eigenvalue weighted by atomic mass is 10.2. The van der Waals surface area contributed by atoms with Gasteiger partial charge in [0, 0.05) is 30.8 Å². The number of hydrogen-bond acceptors (Lipinski definition) is 9. The Labute approximate surface area is 194 Å². The molecule has 0 bridgehead atoms. The number of nitrogens with zero attached hydrogens (tertiary/aromatic N) is 8. The Balaban J connectivity index is 1.43. The van der Waals surface area contributed by atoms with Crippen LogP contribution in [-0.2, 0) is 21.0 Å². The number of amidine groups is 1. The average molecular weight is 493 g/mol. The first-order valence-corrected chi connectivity index (χ1v) is 13.1. The zero-order chi connectivity index (χ0) is 23.4. The normalized spacial score (nSPS) is 20.5. The van der Waals surface area contributed by atoms with E-state index in [-0.39, 0.29) is 23.2 Å². The van der Waals surface area contributed by atoms with E-state index in [0.717, 1.165) is 11.8 Å². The van der Waals surface area contributed by atoms with Crippen LogP contribution in [0.2, 0.25) is 0 Å². The van der Waals surface area contributed by atoms with E-state index in [0.29, 0.717) is 31.0 Å². The summed E-state index contributed by atoms with van der Waals surface area (Å²) in [5, 5.41) is 16.5. The van der Waals surface area contributed by atoms with Gasteiger partial charge in [-0.2, -0.15) is 9.62 Å². The van der Waals surface area contributed by atoms with Gasteiger partial charge in [0.15, 0.2) is 0 Å². The maximum Gasteiger partial charge on any atom is 0.414 e. The molecule has 2 fully saturated rings. The molecule has 3 heterocycles. The third-order valence-electron chi connectivity index (χ3n) is 5.25. The maximum absolute atomic E-state index is 15.0. The molecule has 0 spiro atoms. The highest BCUT2D eigenvalue weighted by Crippen LogP contribution is 2.29. The molecular weight excluding hydrogens is 471 g/mol. The molecule has 1 amide bonds. The Morgan fingerprint density at radius 3 is 2.85 bits per heavy atom. The molecule has 2 saturated heterocycles. The van der Waals surface area contributed by atoms with E-state index < -0.39 is 27.7 Å². The van der Waals surface area contributed by atoms with Gasteiger partial charge in [-0.1, -0.05) is 17.0 Å². The smallest absolute Gasteiger partial charge is 0.414 e. The van der Waals surface area contributed by atoms with Crippen LogP contribution in [-0.4, -0.2) is 74.0 Å². The number of thioether (sulfide) groups is 1. The first-order valence-electron chi connectivity index (χ1n) is 10.0. The number of rotatable bonds is 4. The van der Waals surface area contributed by atoms with Gasteiger partial charge in [-0.25, -0.2) is 18.1 Å². The molecule has 0 radical (unpaired) electrons. The molecular formula is C19H21FN8O3S2. The predicted octanol–water partition coefficient (Wildman–Crippen LogP) is 1.93. The Bertz CT molecular complexity index is 1210. The van der Waals surface area contributed by atoms with Crippen molar-refractivity contribution < 1.29 is 18.1 Å². The molecule has 1 atom stereocenters. The molecule has 14 heteroatoms. The predicted molar refractivity (Wildman–Crippen MR) is 123 cm³/mol. The van der Waals surface area contributed by atoms with Gasteiger partial charge >= 0.3 is 6.09 Å². The second-order valence-corrected chi connectivity index (χ2v) is 10.7. The number of carbonyl (C=O) groups excluding carboxylic acids is 1.